The smallest absolute Gasteiger partial charge is 0.326 e. The summed E-state index contributed by atoms with van der Waals surface area (Å²) in [5.41, 5.74) is 1.39. The van der Waals surface area contributed by atoms with E-state index in [4.69, 9.17) is 4.42 Å². The number of nitrogens with one attached hydrogen (secondary N) is 1. The van der Waals surface area contributed by atoms with E-state index in [-0.39, 0.29) is 18.2 Å². The predicted molar refractivity (Wildman–Crippen MR) is 87.3 cm³/mol. The molecular formula is C16H20N2O4S. The zero-order valence-electron chi connectivity index (χ0n) is 13.3. The number of thiophene rings is 1. The fourth-order valence-electron chi connectivity index (χ4n) is 2.19. The van der Waals surface area contributed by atoms with Gasteiger partial charge in [0.05, 0.1) is 12.1 Å². The molecule has 124 valence electrons. The molecule has 2 aromatic rings. The third kappa shape index (κ3) is 4.66. The van der Waals surface area contributed by atoms with Crippen molar-refractivity contribution in [3.8, 4) is 11.5 Å². The molecule has 6 nitrogen and oxygen atoms in total. The van der Waals surface area contributed by atoms with Gasteiger partial charge in [-0.1, -0.05) is 13.8 Å². The Morgan fingerprint density at radius 3 is 2.74 bits per heavy atom. The van der Waals surface area contributed by atoms with Crippen LogP contribution >= 0.6 is 11.3 Å². The standard InChI is InChI=1S/C16H20N2O4S/c1-9(2)6-13(16(20)21)17-14(19)7-12-10(3)22-15(18-12)11-4-5-23-8-11/h4-5,8-9,13H,6-7H2,1-3H3,(H,17,19)(H,20,21)/t13-/m0/s1. The van der Waals surface area contributed by atoms with Crippen molar-refractivity contribution in [1.29, 1.82) is 0 Å². The lowest BCUT2D eigenvalue weighted by Gasteiger charge is -2.16. The van der Waals surface area contributed by atoms with E-state index in [2.05, 4.69) is 10.3 Å². The van der Waals surface area contributed by atoms with Crippen LogP contribution in [0.4, 0.5) is 0 Å². The van der Waals surface area contributed by atoms with E-state index in [9.17, 15) is 14.7 Å². The Balaban J connectivity index is 2.04. The second kappa shape index (κ2) is 7.41. The van der Waals surface area contributed by atoms with Gasteiger partial charge >= 0.3 is 5.97 Å². The van der Waals surface area contributed by atoms with E-state index in [1.807, 2.05) is 30.7 Å². The van der Waals surface area contributed by atoms with Crippen molar-refractivity contribution in [1.82, 2.24) is 10.3 Å². The summed E-state index contributed by atoms with van der Waals surface area (Å²) in [6.07, 6.45) is 0.389. The van der Waals surface area contributed by atoms with Gasteiger partial charge in [-0.05, 0) is 30.7 Å². The summed E-state index contributed by atoms with van der Waals surface area (Å²) in [4.78, 5) is 27.6. The zero-order chi connectivity index (χ0) is 17.0. The van der Waals surface area contributed by atoms with E-state index in [0.717, 1.165) is 5.56 Å². The summed E-state index contributed by atoms with van der Waals surface area (Å²) in [6.45, 7) is 5.57. The summed E-state index contributed by atoms with van der Waals surface area (Å²) >= 11 is 1.54. The van der Waals surface area contributed by atoms with Gasteiger partial charge < -0.3 is 14.8 Å². The molecular weight excluding hydrogens is 316 g/mol. The minimum absolute atomic E-state index is 0.00134. The van der Waals surface area contributed by atoms with Crippen molar-refractivity contribution in [3.05, 3.63) is 28.3 Å². The fourth-order valence-corrected chi connectivity index (χ4v) is 2.82. The third-order valence-electron chi connectivity index (χ3n) is 3.33. The summed E-state index contributed by atoms with van der Waals surface area (Å²) < 4.78 is 5.58. The number of aliphatic carboxylic acids is 1. The number of aromatic nitrogens is 1. The van der Waals surface area contributed by atoms with Gasteiger partial charge in [0.25, 0.3) is 0 Å². The van der Waals surface area contributed by atoms with Gasteiger partial charge in [0.1, 0.15) is 11.8 Å². The highest BCUT2D eigenvalue weighted by Gasteiger charge is 2.22. The number of carbonyl (C=O) groups excluding carboxylic acids is 1. The Morgan fingerprint density at radius 1 is 1.43 bits per heavy atom. The molecule has 2 aromatic heterocycles. The minimum Gasteiger partial charge on any atom is -0.480 e. The number of hydrogen-bond acceptors (Lipinski definition) is 5. The van der Waals surface area contributed by atoms with Gasteiger partial charge in [-0.3, -0.25) is 4.79 Å². The van der Waals surface area contributed by atoms with Gasteiger partial charge in [-0.2, -0.15) is 11.3 Å². The highest BCUT2D eigenvalue weighted by atomic mass is 32.1. The van der Waals surface area contributed by atoms with Gasteiger partial charge in [-0.25, -0.2) is 9.78 Å². The summed E-state index contributed by atoms with van der Waals surface area (Å²) in [7, 11) is 0. The first-order valence-corrected chi connectivity index (χ1v) is 8.32. The van der Waals surface area contributed by atoms with Crippen LogP contribution in [0.15, 0.2) is 21.2 Å². The van der Waals surface area contributed by atoms with Gasteiger partial charge in [0.2, 0.25) is 11.8 Å². The number of aryl methyl sites for hydroxylation is 1. The Labute approximate surface area is 138 Å². The molecule has 2 N–H and O–H groups in total. The van der Waals surface area contributed by atoms with Gasteiger partial charge in [0.15, 0.2) is 0 Å². The molecule has 0 aliphatic carbocycles. The van der Waals surface area contributed by atoms with Crippen molar-refractivity contribution >= 4 is 23.2 Å². The molecule has 7 heteroatoms. The van der Waals surface area contributed by atoms with Crippen LogP contribution in [-0.2, 0) is 16.0 Å². The maximum absolute atomic E-state index is 12.1. The van der Waals surface area contributed by atoms with Gasteiger partial charge in [-0.15, -0.1) is 0 Å². The van der Waals surface area contributed by atoms with Crippen LogP contribution in [0.5, 0.6) is 0 Å². The molecule has 23 heavy (non-hydrogen) atoms. The van der Waals surface area contributed by atoms with Crippen LogP contribution in [0.1, 0.15) is 31.7 Å². The van der Waals surface area contributed by atoms with E-state index in [0.29, 0.717) is 23.8 Å². The Morgan fingerprint density at radius 2 is 2.17 bits per heavy atom. The molecule has 0 fully saturated rings. The molecule has 0 aromatic carbocycles. The number of carboxylic acid groups (broad SMARTS) is 1. The first-order chi connectivity index (χ1) is 10.9. The SMILES string of the molecule is Cc1oc(-c2ccsc2)nc1CC(=O)N[C@@H](CC(C)C)C(=O)O. The van der Waals surface area contributed by atoms with Crippen LogP contribution in [0.25, 0.3) is 11.5 Å². The average molecular weight is 336 g/mol. The normalized spacial score (nSPS) is 12.3. The molecule has 1 amide bonds. The van der Waals surface area contributed by atoms with E-state index < -0.39 is 12.0 Å². The molecule has 0 saturated heterocycles. The molecule has 0 aliphatic rings. The van der Waals surface area contributed by atoms with Crippen molar-refractivity contribution in [2.75, 3.05) is 0 Å². The van der Waals surface area contributed by atoms with Crippen LogP contribution in [0.3, 0.4) is 0 Å². The highest BCUT2D eigenvalue weighted by molar-refractivity contribution is 7.08. The van der Waals surface area contributed by atoms with Crippen LogP contribution in [-0.4, -0.2) is 28.0 Å². The lowest BCUT2D eigenvalue weighted by Crippen LogP contribution is -2.42. The van der Waals surface area contributed by atoms with E-state index in [1.165, 1.54) is 11.3 Å². The number of nitrogens with zero attached hydrogens (tertiary/aromatic N) is 1. The van der Waals surface area contributed by atoms with Crippen molar-refractivity contribution < 1.29 is 19.1 Å². The van der Waals surface area contributed by atoms with E-state index in [1.54, 1.807) is 6.92 Å². The van der Waals surface area contributed by atoms with Crippen molar-refractivity contribution in [2.45, 2.75) is 39.7 Å². The first kappa shape index (κ1) is 17.2. The fraction of sp³-hybridized carbons (Fsp3) is 0.438. The molecule has 0 bridgehead atoms. The summed E-state index contributed by atoms with van der Waals surface area (Å²) in [5, 5.41) is 15.6. The molecule has 1 atom stereocenters. The van der Waals surface area contributed by atoms with Crippen LogP contribution < -0.4 is 5.32 Å². The maximum Gasteiger partial charge on any atom is 0.326 e. The third-order valence-corrected chi connectivity index (χ3v) is 4.01. The lowest BCUT2D eigenvalue weighted by molar-refractivity contribution is -0.142. The average Bonchev–Trinajstić information content (AvgIpc) is 3.08. The Bertz CT molecular complexity index is 676. The molecule has 0 aliphatic heterocycles. The van der Waals surface area contributed by atoms with E-state index >= 15 is 0 Å². The zero-order valence-corrected chi connectivity index (χ0v) is 14.1. The molecule has 0 radical (unpaired) electrons. The largest absolute Gasteiger partial charge is 0.480 e. The quantitative estimate of drug-likeness (QED) is 0.811. The number of rotatable bonds is 7. The van der Waals surface area contributed by atoms with Crippen LogP contribution in [0, 0.1) is 12.8 Å². The van der Waals surface area contributed by atoms with Crippen molar-refractivity contribution in [3.63, 3.8) is 0 Å². The highest BCUT2D eigenvalue weighted by Crippen LogP contribution is 2.24. The topological polar surface area (TPSA) is 92.4 Å². The molecule has 0 spiro atoms. The van der Waals surface area contributed by atoms with Crippen LogP contribution in [0.2, 0.25) is 0 Å². The lowest BCUT2D eigenvalue weighted by atomic mass is 10.0. The first-order valence-electron chi connectivity index (χ1n) is 7.38. The summed E-state index contributed by atoms with van der Waals surface area (Å²) in [6, 6.07) is 1.01. The second-order valence-corrected chi connectivity index (χ2v) is 6.58. The molecule has 0 unspecified atom stereocenters. The number of carbonyl (C=O) groups is 2. The second-order valence-electron chi connectivity index (χ2n) is 5.80. The number of hydrogen-bond donors (Lipinski definition) is 2. The van der Waals surface area contributed by atoms with Crippen molar-refractivity contribution in [2.24, 2.45) is 5.92 Å². The predicted octanol–water partition coefficient (Wildman–Crippen LogP) is 2.87. The molecule has 2 heterocycles. The Kier molecular flexibility index (Phi) is 5.54. The summed E-state index contributed by atoms with van der Waals surface area (Å²) in [5.74, 6) is -0.176. The number of carboxylic acids is 1. The maximum atomic E-state index is 12.1. The number of amides is 1. The number of oxazole rings is 1. The van der Waals surface area contributed by atoms with Gasteiger partial charge in [0, 0.05) is 10.9 Å². The monoisotopic (exact) mass is 336 g/mol. The Hall–Kier alpha value is -2.15. The molecule has 0 saturated carbocycles. The minimum atomic E-state index is -1.03. The molecule has 2 rings (SSSR count).